The zero-order valence-electron chi connectivity index (χ0n) is 28.0. The topological polar surface area (TPSA) is 176 Å². The number of fused-ring (bicyclic) bond motifs is 3. The molecule has 5 fully saturated rings. The van der Waals surface area contributed by atoms with Crippen molar-refractivity contribution < 1.29 is 57.6 Å². The first kappa shape index (κ1) is 33.8. The van der Waals surface area contributed by atoms with Crippen molar-refractivity contribution in [3.63, 3.8) is 0 Å². The van der Waals surface area contributed by atoms with Crippen molar-refractivity contribution in [2.45, 2.75) is 111 Å². The minimum Gasteiger partial charge on any atom is -0.472 e. The van der Waals surface area contributed by atoms with Crippen LogP contribution in [0.4, 0.5) is 0 Å². The number of ketones is 2. The van der Waals surface area contributed by atoms with E-state index in [2.05, 4.69) is 0 Å². The third-order valence-corrected chi connectivity index (χ3v) is 13.0. The summed E-state index contributed by atoms with van der Waals surface area (Å²) in [5.74, 6) is -5.76. The van der Waals surface area contributed by atoms with Gasteiger partial charge in [-0.15, -0.1) is 0 Å². The average Bonchev–Trinajstić information content (AvgIpc) is 3.60. The van der Waals surface area contributed by atoms with Crippen LogP contribution in [0.25, 0.3) is 0 Å². The standard InChI is InChI=1S/C35H46O12/c1-8-16(2)30(42)47-31-34(7)23-12-24(40)33(6)22-11-20(38)25(19-9-10-43-14-19)32(22,5)13-21(39)27(33)35(23,15-44-31)28(41)26(45-17(3)36)29(34)46-18(4)37/h9-10,14,16,22-29,31,40-41H,8,11-13,15H2,1-7H3/t16-,22+,23+,24-,25-,26+,27-,28+,29+,31-,32+,33+,34+,35-/m1/s1. The van der Waals surface area contributed by atoms with Crippen LogP contribution in [0.15, 0.2) is 23.0 Å². The lowest BCUT2D eigenvalue weighted by molar-refractivity contribution is -0.388. The number of esters is 3. The van der Waals surface area contributed by atoms with Gasteiger partial charge >= 0.3 is 17.9 Å². The van der Waals surface area contributed by atoms with Crippen molar-refractivity contribution in [2.75, 3.05) is 6.61 Å². The first-order valence-electron chi connectivity index (χ1n) is 16.6. The Labute approximate surface area is 273 Å². The molecule has 1 aromatic heterocycles. The maximum Gasteiger partial charge on any atom is 0.310 e. The van der Waals surface area contributed by atoms with E-state index in [0.717, 1.165) is 0 Å². The summed E-state index contributed by atoms with van der Waals surface area (Å²) in [5.41, 5.74) is -4.33. The normalized spacial score (nSPS) is 46.0. The molecule has 12 nitrogen and oxygen atoms in total. The van der Waals surface area contributed by atoms with Crippen LogP contribution in [-0.4, -0.2) is 77.0 Å². The maximum absolute atomic E-state index is 14.8. The molecule has 0 radical (unpaired) electrons. The maximum atomic E-state index is 14.8. The Hall–Kier alpha value is -3.09. The van der Waals surface area contributed by atoms with Crippen molar-refractivity contribution in [2.24, 2.45) is 45.3 Å². The Bertz CT molecular complexity index is 1470. The van der Waals surface area contributed by atoms with Gasteiger partial charge in [-0.25, -0.2) is 0 Å². The first-order chi connectivity index (χ1) is 22.0. The van der Waals surface area contributed by atoms with E-state index in [9.17, 15) is 34.2 Å². The van der Waals surface area contributed by atoms with E-state index in [1.54, 1.807) is 19.9 Å². The summed E-state index contributed by atoms with van der Waals surface area (Å²) in [6.07, 6.45) is -3.24. The number of aliphatic hydroxyl groups excluding tert-OH is 2. The molecule has 2 N–H and O–H groups in total. The molecule has 47 heavy (non-hydrogen) atoms. The molecule has 0 spiro atoms. The molecule has 4 aliphatic carbocycles. The fraction of sp³-hybridized carbons (Fsp3) is 0.743. The van der Waals surface area contributed by atoms with Crippen molar-refractivity contribution in [3.05, 3.63) is 24.2 Å². The van der Waals surface area contributed by atoms with Crippen LogP contribution in [0.5, 0.6) is 0 Å². The van der Waals surface area contributed by atoms with Crippen LogP contribution in [0.2, 0.25) is 0 Å². The predicted octanol–water partition coefficient (Wildman–Crippen LogP) is 3.11. The van der Waals surface area contributed by atoms with E-state index >= 15 is 0 Å². The summed E-state index contributed by atoms with van der Waals surface area (Å²) in [6, 6.07) is 1.73. The molecule has 6 rings (SSSR count). The molecule has 0 unspecified atom stereocenters. The van der Waals surface area contributed by atoms with Crippen molar-refractivity contribution in [1.82, 2.24) is 0 Å². The van der Waals surface area contributed by atoms with Gasteiger partial charge in [-0.1, -0.05) is 27.7 Å². The number of hydrogen-bond donors (Lipinski definition) is 2. The summed E-state index contributed by atoms with van der Waals surface area (Å²) in [7, 11) is 0. The minimum absolute atomic E-state index is 0.0102. The molecule has 1 aliphatic heterocycles. The SMILES string of the molecule is CC[C@@H](C)C(=O)O[C@H]1OC[C@]23[C@@H]4C(=O)C[C@]5(C)[C@H](c6ccoc6)C(=O)C[C@@H]5[C@@]4(C)[C@H](O)C[C@H]2[C@@]1(C)[C@@H](OC(C)=O)[C@@H](OC(C)=O)[C@@H]3O. The van der Waals surface area contributed by atoms with Crippen LogP contribution in [0.3, 0.4) is 0 Å². The molecule has 1 saturated heterocycles. The molecule has 0 aromatic carbocycles. The number of hydrogen-bond acceptors (Lipinski definition) is 12. The average molecular weight is 659 g/mol. The molecular formula is C35H46O12. The predicted molar refractivity (Wildman–Crippen MR) is 161 cm³/mol. The molecule has 14 atom stereocenters. The van der Waals surface area contributed by atoms with E-state index in [1.807, 2.05) is 20.8 Å². The fourth-order valence-electron chi connectivity index (χ4n) is 11.0. The number of Topliss-reactive ketones (excluding diaryl/α,β-unsaturated/α-hetero) is 2. The number of rotatable bonds is 6. The van der Waals surface area contributed by atoms with Gasteiger partial charge in [0.15, 0.2) is 12.2 Å². The number of furan rings is 1. The molecule has 5 aliphatic rings. The Morgan fingerprint density at radius 1 is 1.00 bits per heavy atom. The van der Waals surface area contributed by atoms with Gasteiger partial charge in [-0.05, 0) is 43.1 Å². The molecular weight excluding hydrogens is 612 g/mol. The zero-order valence-corrected chi connectivity index (χ0v) is 28.0. The van der Waals surface area contributed by atoms with Gasteiger partial charge in [0.05, 0.1) is 42.5 Å². The van der Waals surface area contributed by atoms with Gasteiger partial charge < -0.3 is 33.6 Å². The fourth-order valence-corrected chi connectivity index (χ4v) is 11.0. The molecule has 12 heteroatoms. The second-order valence-electron chi connectivity index (χ2n) is 15.4. The third-order valence-electron chi connectivity index (χ3n) is 13.0. The van der Waals surface area contributed by atoms with E-state index < -0.39 is 99.9 Å². The van der Waals surface area contributed by atoms with Crippen LogP contribution in [0.1, 0.15) is 85.6 Å². The smallest absolute Gasteiger partial charge is 0.310 e. The molecule has 0 amide bonds. The Balaban J connectivity index is 1.53. The van der Waals surface area contributed by atoms with Crippen molar-refractivity contribution >= 4 is 29.5 Å². The monoisotopic (exact) mass is 658 g/mol. The Morgan fingerprint density at radius 2 is 1.68 bits per heavy atom. The highest BCUT2D eigenvalue weighted by atomic mass is 16.7. The quantitative estimate of drug-likeness (QED) is 0.338. The van der Waals surface area contributed by atoms with Crippen molar-refractivity contribution in [1.29, 1.82) is 0 Å². The first-order valence-corrected chi connectivity index (χ1v) is 16.6. The zero-order chi connectivity index (χ0) is 34.4. The van der Waals surface area contributed by atoms with Crippen molar-refractivity contribution in [3.8, 4) is 0 Å². The molecule has 2 heterocycles. The summed E-state index contributed by atoms with van der Waals surface area (Å²) < 4.78 is 29.2. The lowest BCUT2D eigenvalue weighted by Crippen LogP contribution is -2.82. The highest BCUT2D eigenvalue weighted by Gasteiger charge is 2.82. The second kappa shape index (κ2) is 11.2. The summed E-state index contributed by atoms with van der Waals surface area (Å²) in [5, 5.41) is 24.8. The summed E-state index contributed by atoms with van der Waals surface area (Å²) >= 11 is 0. The van der Waals surface area contributed by atoms with E-state index in [4.69, 9.17) is 23.4 Å². The van der Waals surface area contributed by atoms with Crippen LogP contribution in [0, 0.1) is 45.3 Å². The van der Waals surface area contributed by atoms with Gasteiger partial charge in [-0.2, -0.15) is 0 Å². The van der Waals surface area contributed by atoms with Crippen LogP contribution >= 0.6 is 0 Å². The van der Waals surface area contributed by atoms with E-state index in [1.165, 1.54) is 26.4 Å². The molecule has 1 aromatic rings. The number of ether oxygens (including phenoxy) is 4. The van der Waals surface area contributed by atoms with Crippen LogP contribution in [-0.2, 0) is 42.9 Å². The second-order valence-corrected chi connectivity index (χ2v) is 15.4. The summed E-state index contributed by atoms with van der Waals surface area (Å²) in [4.78, 5) is 66.9. The van der Waals surface area contributed by atoms with Gasteiger partial charge in [0.2, 0.25) is 6.29 Å². The lowest BCUT2D eigenvalue weighted by atomic mass is 9.34. The van der Waals surface area contributed by atoms with Gasteiger partial charge in [0.1, 0.15) is 17.7 Å². The van der Waals surface area contributed by atoms with E-state index in [-0.39, 0.29) is 37.4 Å². The van der Waals surface area contributed by atoms with Gasteiger partial charge in [0, 0.05) is 49.0 Å². The van der Waals surface area contributed by atoms with Crippen LogP contribution < -0.4 is 0 Å². The number of aliphatic hydroxyl groups is 2. The Morgan fingerprint density at radius 3 is 2.28 bits per heavy atom. The third kappa shape index (κ3) is 4.46. The highest BCUT2D eigenvalue weighted by molar-refractivity contribution is 5.94. The van der Waals surface area contributed by atoms with Gasteiger partial charge in [-0.3, -0.25) is 24.0 Å². The van der Waals surface area contributed by atoms with Gasteiger partial charge in [0.25, 0.3) is 0 Å². The lowest BCUT2D eigenvalue weighted by Gasteiger charge is -2.73. The molecule has 2 bridgehead atoms. The highest BCUT2D eigenvalue weighted by Crippen LogP contribution is 2.75. The molecule has 4 saturated carbocycles. The largest absolute Gasteiger partial charge is 0.472 e. The Kier molecular flexibility index (Phi) is 8.08. The molecule has 258 valence electrons. The number of carbonyl (C=O) groups excluding carboxylic acids is 5. The van der Waals surface area contributed by atoms with E-state index in [0.29, 0.717) is 12.0 Å². The summed E-state index contributed by atoms with van der Waals surface area (Å²) in [6.45, 7) is 11.0. The number of carbonyl (C=O) groups is 5. The minimum atomic E-state index is -1.58.